The van der Waals surface area contributed by atoms with Crippen LogP contribution in [0.15, 0.2) is 46.0 Å². The molecule has 1 aliphatic rings. The Morgan fingerprint density at radius 2 is 1.75 bits per heavy atom. The molecule has 1 heterocycles. The summed E-state index contributed by atoms with van der Waals surface area (Å²) in [6, 6.07) is 10.3. The fourth-order valence-corrected chi connectivity index (χ4v) is 3.76. The van der Waals surface area contributed by atoms with Crippen LogP contribution in [-0.4, -0.2) is 27.8 Å². The summed E-state index contributed by atoms with van der Waals surface area (Å²) in [4.78, 5) is 53.7. The molecule has 0 saturated heterocycles. The predicted octanol–water partition coefficient (Wildman–Crippen LogP) is 1.50. The van der Waals surface area contributed by atoms with Gasteiger partial charge in [-0.2, -0.15) is 0 Å². The van der Waals surface area contributed by atoms with Gasteiger partial charge in [0.15, 0.2) is 0 Å². The van der Waals surface area contributed by atoms with Crippen molar-refractivity contribution in [3.8, 4) is 0 Å². The Hall–Kier alpha value is -3.75. The summed E-state index contributed by atoms with van der Waals surface area (Å²) in [6.45, 7) is 0. The second kappa shape index (κ2) is 6.45. The highest BCUT2D eigenvalue weighted by atomic mass is 16.6. The summed E-state index contributed by atoms with van der Waals surface area (Å²) in [5, 5.41) is 11.5. The van der Waals surface area contributed by atoms with E-state index in [1.54, 1.807) is 19.2 Å². The third-order valence-electron chi connectivity index (χ3n) is 5.14. The monoisotopic (exact) mass is 380 g/mol. The van der Waals surface area contributed by atoms with Gasteiger partial charge in [0.05, 0.1) is 16.0 Å². The first-order chi connectivity index (χ1) is 13.4. The largest absolute Gasteiger partial charge is 0.316 e. The van der Waals surface area contributed by atoms with Crippen molar-refractivity contribution in [3.05, 3.63) is 78.3 Å². The van der Waals surface area contributed by atoms with E-state index in [0.29, 0.717) is 16.6 Å². The molecule has 0 fully saturated rings. The Morgan fingerprint density at radius 1 is 1.11 bits per heavy atom. The maximum absolute atomic E-state index is 13.0. The van der Waals surface area contributed by atoms with E-state index in [1.807, 2.05) is 18.2 Å². The molecule has 3 aromatic rings. The molecule has 2 aromatic carbocycles. The van der Waals surface area contributed by atoms with E-state index in [9.17, 15) is 24.5 Å². The van der Waals surface area contributed by atoms with Crippen molar-refractivity contribution < 1.29 is 9.72 Å². The minimum atomic E-state index is -0.879. The van der Waals surface area contributed by atoms with Crippen molar-refractivity contribution in [2.45, 2.75) is 12.8 Å². The molecule has 4 rings (SSSR count). The summed E-state index contributed by atoms with van der Waals surface area (Å²) in [7, 11) is 1.66. The average Bonchev–Trinajstić information content (AvgIpc) is 3.13. The molecule has 1 aliphatic carbocycles. The Labute approximate surface area is 157 Å². The number of nitro benzene ring substituents is 1. The molecule has 1 aromatic heterocycles. The number of para-hydroxylation sites is 1. The number of anilines is 1. The number of hydrogen-bond donors (Lipinski definition) is 2. The Balaban J connectivity index is 1.79. The van der Waals surface area contributed by atoms with Gasteiger partial charge in [-0.05, 0) is 30.5 Å². The van der Waals surface area contributed by atoms with Gasteiger partial charge in [-0.3, -0.25) is 24.5 Å². The van der Waals surface area contributed by atoms with Gasteiger partial charge in [0, 0.05) is 30.3 Å². The number of nitro groups is 1. The zero-order valence-electron chi connectivity index (χ0n) is 14.9. The van der Waals surface area contributed by atoms with Crippen LogP contribution in [0.3, 0.4) is 0 Å². The lowest BCUT2D eigenvalue weighted by Gasteiger charge is -2.21. The van der Waals surface area contributed by atoms with Crippen molar-refractivity contribution in [2.24, 2.45) is 5.92 Å². The highest BCUT2D eigenvalue weighted by Crippen LogP contribution is 2.38. The number of fused-ring (bicyclic) bond motifs is 3. The van der Waals surface area contributed by atoms with Crippen LogP contribution in [-0.2, 0) is 17.6 Å². The van der Waals surface area contributed by atoms with Crippen LogP contribution in [0.1, 0.15) is 11.1 Å². The van der Waals surface area contributed by atoms with E-state index in [4.69, 9.17) is 0 Å². The maximum atomic E-state index is 13.0. The number of H-pyrrole nitrogens is 2. The Bertz CT molecular complexity index is 1230. The first-order valence-electron chi connectivity index (χ1n) is 8.65. The number of carbonyl (C=O) groups is 1. The number of hydrogen-bond acceptors (Lipinski definition) is 5. The van der Waals surface area contributed by atoms with Crippen LogP contribution in [0, 0.1) is 16.0 Å². The molecule has 0 saturated carbocycles. The second-order valence-electron chi connectivity index (χ2n) is 6.78. The molecule has 2 N–H and O–H groups in total. The summed E-state index contributed by atoms with van der Waals surface area (Å²) < 4.78 is 0. The highest BCUT2D eigenvalue weighted by molar-refractivity contribution is 5.96. The van der Waals surface area contributed by atoms with Crippen molar-refractivity contribution >= 4 is 28.3 Å². The molecule has 28 heavy (non-hydrogen) atoms. The van der Waals surface area contributed by atoms with Crippen molar-refractivity contribution in [3.63, 3.8) is 0 Å². The van der Waals surface area contributed by atoms with E-state index in [1.165, 1.54) is 11.0 Å². The lowest BCUT2D eigenvalue weighted by Crippen LogP contribution is -2.33. The van der Waals surface area contributed by atoms with Gasteiger partial charge in [0.1, 0.15) is 0 Å². The molecule has 0 spiro atoms. The van der Waals surface area contributed by atoms with Gasteiger partial charge < -0.3 is 14.9 Å². The number of aromatic nitrogens is 2. The molecular weight excluding hydrogens is 364 g/mol. The molecule has 142 valence electrons. The van der Waals surface area contributed by atoms with Crippen LogP contribution < -0.4 is 16.0 Å². The molecule has 1 atom stereocenters. The number of rotatable bonds is 3. The van der Waals surface area contributed by atoms with Gasteiger partial charge in [-0.1, -0.05) is 18.2 Å². The zero-order valence-corrected chi connectivity index (χ0v) is 14.9. The Morgan fingerprint density at radius 3 is 2.43 bits per heavy atom. The number of nitrogens with zero attached hydrogens (tertiary/aromatic N) is 2. The van der Waals surface area contributed by atoms with E-state index >= 15 is 0 Å². The number of carbonyl (C=O) groups excluding carboxylic acids is 1. The summed E-state index contributed by atoms with van der Waals surface area (Å²) in [5.41, 5.74) is 0.305. The summed E-state index contributed by atoms with van der Waals surface area (Å²) in [5.74, 6) is -0.670. The Kier molecular flexibility index (Phi) is 4.07. The molecule has 1 amide bonds. The second-order valence-corrected chi connectivity index (χ2v) is 6.78. The molecular formula is C19H16N4O5. The van der Waals surface area contributed by atoms with Crippen molar-refractivity contribution in [2.75, 3.05) is 11.9 Å². The molecule has 0 aliphatic heterocycles. The van der Waals surface area contributed by atoms with E-state index < -0.39 is 22.0 Å². The number of benzene rings is 2. The minimum Gasteiger partial charge on any atom is -0.316 e. The normalized spacial score (nSPS) is 15.4. The first-order valence-corrected chi connectivity index (χ1v) is 8.65. The fraction of sp³-hybridized carbons (Fsp3) is 0.211. The lowest BCUT2D eigenvalue weighted by atomic mass is 10.0. The minimum absolute atomic E-state index is 0.164. The van der Waals surface area contributed by atoms with Crippen LogP contribution in [0.25, 0.3) is 11.0 Å². The maximum Gasteiger partial charge on any atom is 0.314 e. The first kappa shape index (κ1) is 17.7. The predicted molar refractivity (Wildman–Crippen MR) is 103 cm³/mol. The van der Waals surface area contributed by atoms with E-state index in [-0.39, 0.29) is 30.0 Å². The van der Waals surface area contributed by atoms with Crippen LogP contribution >= 0.6 is 0 Å². The van der Waals surface area contributed by atoms with Gasteiger partial charge in [0.2, 0.25) is 5.91 Å². The molecule has 9 nitrogen and oxygen atoms in total. The van der Waals surface area contributed by atoms with E-state index in [2.05, 4.69) is 9.97 Å². The standard InChI is InChI=1S/C19H16N4O5/c1-22(11-5-3-2-4-6-11)19(26)10-7-12-13(8-10)16-14(9-15(12)23(27)28)20-17(24)18(25)21-16/h2-6,9-10H,7-8H2,1H3,(H,20,24)(H,21,25). The van der Waals surface area contributed by atoms with E-state index in [0.717, 1.165) is 5.69 Å². The molecule has 0 radical (unpaired) electrons. The fourth-order valence-electron chi connectivity index (χ4n) is 3.76. The molecule has 0 bridgehead atoms. The highest BCUT2D eigenvalue weighted by Gasteiger charge is 2.36. The quantitative estimate of drug-likeness (QED) is 0.404. The van der Waals surface area contributed by atoms with Gasteiger partial charge in [-0.15, -0.1) is 0 Å². The van der Waals surface area contributed by atoms with Crippen LogP contribution in [0.5, 0.6) is 0 Å². The number of nitrogens with one attached hydrogen (secondary N) is 2. The summed E-state index contributed by atoms with van der Waals surface area (Å²) in [6.07, 6.45) is 0.435. The lowest BCUT2D eigenvalue weighted by molar-refractivity contribution is -0.385. The topological polar surface area (TPSA) is 129 Å². The number of aromatic amines is 2. The zero-order chi connectivity index (χ0) is 20.0. The van der Waals surface area contributed by atoms with Gasteiger partial charge in [-0.25, -0.2) is 0 Å². The third kappa shape index (κ3) is 2.77. The third-order valence-corrected chi connectivity index (χ3v) is 5.14. The summed E-state index contributed by atoms with van der Waals surface area (Å²) >= 11 is 0. The van der Waals surface area contributed by atoms with Crippen molar-refractivity contribution in [1.29, 1.82) is 0 Å². The number of amides is 1. The van der Waals surface area contributed by atoms with Crippen LogP contribution in [0.2, 0.25) is 0 Å². The SMILES string of the molecule is CN(C(=O)C1Cc2c([N+](=O)[O-])cc3[nH]c(=O)c(=O)[nH]c3c2C1)c1ccccc1. The molecule has 9 heteroatoms. The van der Waals surface area contributed by atoms with Gasteiger partial charge in [0.25, 0.3) is 5.69 Å². The smallest absolute Gasteiger partial charge is 0.314 e. The average molecular weight is 380 g/mol. The van der Waals surface area contributed by atoms with Gasteiger partial charge >= 0.3 is 11.1 Å². The van der Waals surface area contributed by atoms with Crippen LogP contribution in [0.4, 0.5) is 11.4 Å². The van der Waals surface area contributed by atoms with Crippen molar-refractivity contribution in [1.82, 2.24) is 9.97 Å². The molecule has 1 unspecified atom stereocenters.